The number of nitrogens with zero attached hydrogens (tertiary/aromatic N) is 4. The minimum Gasteiger partial charge on any atom is -0.487 e. The average molecular weight is 599 g/mol. The second kappa shape index (κ2) is 13.1. The van der Waals surface area contributed by atoms with Crippen LogP contribution in [0, 0.1) is 0 Å². The third kappa shape index (κ3) is 6.54. The van der Waals surface area contributed by atoms with Crippen LogP contribution in [0.25, 0.3) is 16.5 Å². The van der Waals surface area contributed by atoms with Crippen LogP contribution >= 0.6 is 0 Å². The van der Waals surface area contributed by atoms with Crippen molar-refractivity contribution in [2.75, 3.05) is 19.6 Å². The molecule has 0 N–H and O–H groups in total. The molecule has 0 atom stereocenters. The highest BCUT2D eigenvalue weighted by molar-refractivity contribution is 5.82. The minimum absolute atomic E-state index is 0.254. The van der Waals surface area contributed by atoms with Crippen LogP contribution in [0.4, 0.5) is 0 Å². The Balaban J connectivity index is 0.978. The van der Waals surface area contributed by atoms with Gasteiger partial charge in [0.2, 0.25) is 0 Å². The van der Waals surface area contributed by atoms with E-state index >= 15 is 0 Å². The lowest BCUT2D eigenvalue weighted by molar-refractivity contribution is -0.142. The Morgan fingerprint density at radius 1 is 0.844 bits per heavy atom. The molecule has 3 aromatic carbocycles. The second-order valence-corrected chi connectivity index (χ2v) is 11.9. The van der Waals surface area contributed by atoms with Crippen LogP contribution < -0.4 is 4.74 Å². The zero-order valence-corrected chi connectivity index (χ0v) is 25.7. The SMILES string of the molecule is CC(=O)OCc1cnc2n1CCc1ccccc1C2=C1CCN(CCc2ccc(OCc3ccc4ccccc4n3)cc2)CC1. The van der Waals surface area contributed by atoms with E-state index in [1.165, 1.54) is 34.8 Å². The number of para-hydroxylation sites is 1. The number of aryl methyl sites for hydroxylation is 1. The number of esters is 1. The van der Waals surface area contributed by atoms with Crippen molar-refractivity contribution >= 4 is 22.4 Å². The summed E-state index contributed by atoms with van der Waals surface area (Å²) in [7, 11) is 0. The van der Waals surface area contributed by atoms with E-state index in [2.05, 4.69) is 70.1 Å². The quantitative estimate of drug-likeness (QED) is 0.184. The highest BCUT2D eigenvalue weighted by Crippen LogP contribution is 2.36. The van der Waals surface area contributed by atoms with Crippen molar-refractivity contribution in [1.29, 1.82) is 0 Å². The van der Waals surface area contributed by atoms with Crippen molar-refractivity contribution in [3.05, 3.63) is 131 Å². The maximum absolute atomic E-state index is 11.5. The Hall–Kier alpha value is -4.75. The normalized spacial score (nSPS) is 15.0. The van der Waals surface area contributed by atoms with Crippen LogP contribution in [0.15, 0.2) is 96.7 Å². The lowest BCUT2D eigenvalue weighted by Gasteiger charge is -2.30. The van der Waals surface area contributed by atoms with Gasteiger partial charge in [-0.05, 0) is 66.6 Å². The highest BCUT2D eigenvalue weighted by atomic mass is 16.5. The van der Waals surface area contributed by atoms with Gasteiger partial charge in [-0.15, -0.1) is 0 Å². The van der Waals surface area contributed by atoms with Gasteiger partial charge in [0.1, 0.15) is 24.8 Å². The molecule has 0 radical (unpaired) electrons. The predicted molar refractivity (Wildman–Crippen MR) is 176 cm³/mol. The number of piperidine rings is 1. The molecule has 0 saturated carbocycles. The Bertz CT molecular complexity index is 1850. The molecule has 5 aromatic rings. The molecule has 0 bridgehead atoms. The van der Waals surface area contributed by atoms with E-state index in [0.717, 1.165) is 85.7 Å². The first-order valence-corrected chi connectivity index (χ1v) is 15.9. The summed E-state index contributed by atoms with van der Waals surface area (Å²) in [4.78, 5) is 23.7. The van der Waals surface area contributed by atoms with Crippen molar-refractivity contribution < 1.29 is 14.3 Å². The molecule has 4 heterocycles. The number of fused-ring (bicyclic) bond motifs is 3. The molecule has 7 nitrogen and oxygen atoms in total. The van der Waals surface area contributed by atoms with E-state index in [1.807, 2.05) is 30.5 Å². The summed E-state index contributed by atoms with van der Waals surface area (Å²) < 4.78 is 13.6. The van der Waals surface area contributed by atoms with Crippen LogP contribution in [0.3, 0.4) is 0 Å². The number of rotatable bonds is 8. The van der Waals surface area contributed by atoms with Crippen LogP contribution in [0.1, 0.15) is 53.7 Å². The highest BCUT2D eigenvalue weighted by Gasteiger charge is 2.26. The van der Waals surface area contributed by atoms with Gasteiger partial charge in [-0.25, -0.2) is 9.97 Å². The fraction of sp³-hybridized carbons (Fsp3) is 0.289. The van der Waals surface area contributed by atoms with E-state index in [-0.39, 0.29) is 12.6 Å². The number of carbonyl (C=O) groups excluding carboxylic acids is 1. The number of likely N-dealkylation sites (tertiary alicyclic amines) is 1. The van der Waals surface area contributed by atoms with Crippen molar-refractivity contribution in [2.45, 2.75) is 52.4 Å². The van der Waals surface area contributed by atoms with Gasteiger partial charge in [0.05, 0.1) is 23.1 Å². The molecule has 0 spiro atoms. The summed E-state index contributed by atoms with van der Waals surface area (Å²) in [5.41, 5.74) is 9.57. The van der Waals surface area contributed by atoms with E-state index in [0.29, 0.717) is 6.61 Å². The molecule has 2 aliphatic heterocycles. The Labute approximate surface area is 264 Å². The molecule has 2 aromatic heterocycles. The lowest BCUT2D eigenvalue weighted by Crippen LogP contribution is -2.33. The fourth-order valence-electron chi connectivity index (χ4n) is 6.52. The monoisotopic (exact) mass is 598 g/mol. The van der Waals surface area contributed by atoms with Gasteiger partial charge < -0.3 is 18.9 Å². The van der Waals surface area contributed by atoms with Gasteiger partial charge in [0.15, 0.2) is 0 Å². The first kappa shape index (κ1) is 29.0. The molecule has 2 aliphatic rings. The van der Waals surface area contributed by atoms with Crippen molar-refractivity contribution in [3.63, 3.8) is 0 Å². The predicted octanol–water partition coefficient (Wildman–Crippen LogP) is 6.77. The Kier molecular flexibility index (Phi) is 8.43. The van der Waals surface area contributed by atoms with Gasteiger partial charge in [-0.2, -0.15) is 0 Å². The summed E-state index contributed by atoms with van der Waals surface area (Å²) in [6, 6.07) is 29.5. The Morgan fingerprint density at radius 2 is 1.64 bits per heavy atom. The van der Waals surface area contributed by atoms with Crippen LogP contribution in [0.2, 0.25) is 0 Å². The summed E-state index contributed by atoms with van der Waals surface area (Å²) in [6.45, 7) is 6.08. The summed E-state index contributed by atoms with van der Waals surface area (Å²) in [5, 5.41) is 1.14. The van der Waals surface area contributed by atoms with Crippen LogP contribution in [-0.2, 0) is 42.1 Å². The number of benzene rings is 3. The first-order valence-electron chi connectivity index (χ1n) is 15.9. The number of hydrogen-bond acceptors (Lipinski definition) is 6. The topological polar surface area (TPSA) is 69.5 Å². The van der Waals surface area contributed by atoms with Crippen LogP contribution in [-0.4, -0.2) is 45.0 Å². The molecule has 7 heteroatoms. The van der Waals surface area contributed by atoms with Gasteiger partial charge >= 0.3 is 5.97 Å². The molecule has 1 fully saturated rings. The molecule has 0 amide bonds. The zero-order chi connectivity index (χ0) is 30.6. The number of imidazole rings is 1. The molecule has 1 saturated heterocycles. The Morgan fingerprint density at radius 3 is 2.49 bits per heavy atom. The van der Waals surface area contributed by atoms with Gasteiger partial charge in [-0.1, -0.05) is 66.2 Å². The maximum atomic E-state index is 11.5. The first-order chi connectivity index (χ1) is 22.1. The molecule has 7 rings (SSSR count). The number of carbonyl (C=O) groups is 1. The number of ether oxygens (including phenoxy) is 2. The molecule has 0 aliphatic carbocycles. The van der Waals surface area contributed by atoms with E-state index in [9.17, 15) is 4.79 Å². The van der Waals surface area contributed by atoms with E-state index < -0.39 is 0 Å². The number of pyridine rings is 1. The van der Waals surface area contributed by atoms with Crippen LogP contribution in [0.5, 0.6) is 5.75 Å². The van der Waals surface area contributed by atoms with E-state index in [4.69, 9.17) is 19.4 Å². The van der Waals surface area contributed by atoms with Crippen molar-refractivity contribution in [1.82, 2.24) is 19.4 Å². The van der Waals surface area contributed by atoms with E-state index in [1.54, 1.807) is 0 Å². The van der Waals surface area contributed by atoms with Gasteiger partial charge in [0.25, 0.3) is 0 Å². The van der Waals surface area contributed by atoms with Crippen molar-refractivity contribution in [3.8, 4) is 5.75 Å². The number of aromatic nitrogens is 3. The standard InChI is InChI=1S/C38H38N4O3/c1-27(43)44-26-33-24-39-38-37(35-8-4-2-6-29(35)19-23-42(33)38)31-17-21-41(22-18-31)20-16-28-10-14-34(15-11-28)45-25-32-13-12-30-7-3-5-9-36(30)40-32/h2-15,24H,16-23,25-26H2,1H3. The van der Waals surface area contributed by atoms with Gasteiger partial charge in [-0.3, -0.25) is 4.79 Å². The largest absolute Gasteiger partial charge is 0.487 e. The molecule has 0 unspecified atom stereocenters. The molecule has 45 heavy (non-hydrogen) atoms. The summed E-state index contributed by atoms with van der Waals surface area (Å²) >= 11 is 0. The summed E-state index contributed by atoms with van der Waals surface area (Å²) in [6.07, 6.45) is 5.85. The molecular formula is C38H38N4O3. The maximum Gasteiger partial charge on any atom is 0.303 e. The zero-order valence-electron chi connectivity index (χ0n) is 25.7. The third-order valence-electron chi connectivity index (χ3n) is 8.97. The lowest BCUT2D eigenvalue weighted by atomic mass is 9.90. The third-order valence-corrected chi connectivity index (χ3v) is 8.97. The molecule has 228 valence electrons. The average Bonchev–Trinajstić information content (AvgIpc) is 3.40. The fourth-order valence-corrected chi connectivity index (χ4v) is 6.52. The number of hydrogen-bond donors (Lipinski definition) is 0. The second-order valence-electron chi connectivity index (χ2n) is 11.9. The van der Waals surface area contributed by atoms with Gasteiger partial charge in [0, 0.05) is 44.1 Å². The minimum atomic E-state index is -0.271. The smallest absolute Gasteiger partial charge is 0.303 e. The van der Waals surface area contributed by atoms with Crippen molar-refractivity contribution in [2.24, 2.45) is 0 Å². The summed E-state index contributed by atoms with van der Waals surface area (Å²) in [5.74, 6) is 1.59. The molecular weight excluding hydrogens is 560 g/mol.